The van der Waals surface area contributed by atoms with E-state index in [0.717, 1.165) is 10.7 Å². The number of ether oxygens (including phenoxy) is 1. The summed E-state index contributed by atoms with van der Waals surface area (Å²) >= 11 is 1.66. The van der Waals surface area contributed by atoms with Gasteiger partial charge in [-0.15, -0.1) is 21.5 Å². The maximum atomic E-state index is 11.3. The zero-order chi connectivity index (χ0) is 15.4. The fraction of sp³-hybridized carbons (Fsp3) is 0.429. The summed E-state index contributed by atoms with van der Waals surface area (Å²) in [5.74, 6) is 0.521. The van der Waals surface area contributed by atoms with Crippen molar-refractivity contribution >= 4 is 23.1 Å². The zero-order valence-corrected chi connectivity index (χ0v) is 13.3. The summed E-state index contributed by atoms with van der Waals surface area (Å²) in [4.78, 5) is 15.9. The second-order valence-corrected chi connectivity index (χ2v) is 5.82. The molecule has 2 aromatic heterocycles. The third-order valence-electron chi connectivity index (χ3n) is 2.90. The predicted octanol–water partition coefficient (Wildman–Crippen LogP) is 3.02. The first-order valence-electron chi connectivity index (χ1n) is 6.65. The zero-order valence-electron chi connectivity index (χ0n) is 12.5. The Morgan fingerprint density at radius 1 is 1.29 bits per heavy atom. The Bertz CT molecular complexity index is 610. The van der Waals surface area contributed by atoms with Crippen LogP contribution >= 0.6 is 11.3 Å². The number of methoxy groups -OCH3 is 1. The quantitative estimate of drug-likeness (QED) is 0.856. The van der Waals surface area contributed by atoms with Gasteiger partial charge in [0.1, 0.15) is 5.82 Å². The molecule has 0 saturated carbocycles. The van der Waals surface area contributed by atoms with Crippen molar-refractivity contribution in [1.82, 2.24) is 15.2 Å². The Labute approximate surface area is 127 Å². The average Bonchev–Trinajstić information content (AvgIpc) is 2.97. The molecule has 6 nitrogen and oxygen atoms in total. The maximum absolute atomic E-state index is 11.3. The highest BCUT2D eigenvalue weighted by molar-refractivity contribution is 7.09. The normalized spacial score (nSPS) is 12.2. The van der Waals surface area contributed by atoms with E-state index in [-0.39, 0.29) is 11.7 Å². The summed E-state index contributed by atoms with van der Waals surface area (Å²) in [6, 6.07) is 3.30. The molecule has 7 heteroatoms. The molecule has 0 bridgehead atoms. The number of thiazole rings is 1. The van der Waals surface area contributed by atoms with Crippen molar-refractivity contribution in [3.8, 4) is 0 Å². The second-order valence-electron chi connectivity index (χ2n) is 4.93. The van der Waals surface area contributed by atoms with Gasteiger partial charge in [0.2, 0.25) is 0 Å². The summed E-state index contributed by atoms with van der Waals surface area (Å²) in [6.45, 7) is 6.25. The number of anilines is 1. The molecule has 0 fully saturated rings. The third kappa shape index (κ3) is 3.75. The number of carbonyl (C=O) groups is 1. The molecular weight excluding hydrogens is 288 g/mol. The minimum absolute atomic E-state index is 0.0204. The van der Waals surface area contributed by atoms with Crippen molar-refractivity contribution in [3.63, 3.8) is 0 Å². The van der Waals surface area contributed by atoms with E-state index >= 15 is 0 Å². The molecule has 2 aromatic rings. The van der Waals surface area contributed by atoms with Crippen molar-refractivity contribution in [2.24, 2.45) is 0 Å². The van der Waals surface area contributed by atoms with Gasteiger partial charge >= 0.3 is 5.97 Å². The van der Waals surface area contributed by atoms with Crippen LogP contribution in [0.25, 0.3) is 0 Å². The Morgan fingerprint density at radius 3 is 2.57 bits per heavy atom. The molecule has 2 rings (SSSR count). The van der Waals surface area contributed by atoms with Crippen LogP contribution in [0.3, 0.4) is 0 Å². The molecule has 0 spiro atoms. The first-order chi connectivity index (χ1) is 10.0. The van der Waals surface area contributed by atoms with E-state index < -0.39 is 5.97 Å². The van der Waals surface area contributed by atoms with Crippen LogP contribution in [-0.2, 0) is 4.74 Å². The van der Waals surface area contributed by atoms with E-state index in [0.29, 0.717) is 11.7 Å². The summed E-state index contributed by atoms with van der Waals surface area (Å²) in [7, 11) is 1.31. The van der Waals surface area contributed by atoms with Crippen molar-refractivity contribution in [2.45, 2.75) is 32.7 Å². The third-order valence-corrected chi connectivity index (χ3v) is 4.06. The summed E-state index contributed by atoms with van der Waals surface area (Å²) in [6.07, 6.45) is 0. The minimum Gasteiger partial charge on any atom is -0.464 e. The highest BCUT2D eigenvalue weighted by Crippen LogP contribution is 2.24. The number of esters is 1. The molecule has 0 saturated heterocycles. The smallest absolute Gasteiger partial charge is 0.358 e. The van der Waals surface area contributed by atoms with E-state index in [1.807, 2.05) is 12.3 Å². The highest BCUT2D eigenvalue weighted by atomic mass is 32.1. The molecule has 0 radical (unpaired) electrons. The Hall–Kier alpha value is -2.02. The molecule has 1 unspecified atom stereocenters. The van der Waals surface area contributed by atoms with Crippen molar-refractivity contribution in [2.75, 3.05) is 12.4 Å². The van der Waals surface area contributed by atoms with Gasteiger partial charge in [-0.1, -0.05) is 13.8 Å². The molecule has 0 aliphatic heterocycles. The standard InChI is InChI=1S/C14H18N4O2S/c1-8(2)13-16-11(7-21-13)9(3)15-12-6-5-10(17-18-12)14(19)20-4/h5-9H,1-4H3,(H,15,18). The van der Waals surface area contributed by atoms with Crippen LogP contribution in [0.1, 0.15) is 53.9 Å². The minimum atomic E-state index is -0.497. The van der Waals surface area contributed by atoms with E-state index in [2.05, 4.69) is 39.1 Å². The Kier molecular flexibility index (Phi) is 4.85. The average molecular weight is 306 g/mol. The lowest BCUT2D eigenvalue weighted by Gasteiger charge is -2.11. The van der Waals surface area contributed by atoms with E-state index in [1.54, 1.807) is 23.5 Å². The SMILES string of the molecule is COC(=O)c1ccc(NC(C)c2csc(C(C)C)n2)nn1. The second kappa shape index (κ2) is 6.62. The lowest BCUT2D eigenvalue weighted by Crippen LogP contribution is -2.11. The van der Waals surface area contributed by atoms with Gasteiger partial charge in [-0.3, -0.25) is 0 Å². The molecule has 1 atom stereocenters. The summed E-state index contributed by atoms with van der Waals surface area (Å²) in [5, 5.41) is 14.2. The Morgan fingerprint density at radius 2 is 2.05 bits per heavy atom. The number of nitrogens with one attached hydrogen (secondary N) is 1. The number of rotatable bonds is 5. The molecule has 0 aliphatic carbocycles. The lowest BCUT2D eigenvalue weighted by atomic mass is 10.2. The molecule has 112 valence electrons. The topological polar surface area (TPSA) is 77.0 Å². The van der Waals surface area contributed by atoms with E-state index in [1.165, 1.54) is 7.11 Å². The van der Waals surface area contributed by atoms with Crippen molar-refractivity contribution < 1.29 is 9.53 Å². The largest absolute Gasteiger partial charge is 0.464 e. The first kappa shape index (κ1) is 15.4. The molecule has 1 N–H and O–H groups in total. The van der Waals surface area contributed by atoms with E-state index in [4.69, 9.17) is 0 Å². The monoisotopic (exact) mass is 306 g/mol. The van der Waals surface area contributed by atoms with Crippen LogP contribution in [0.5, 0.6) is 0 Å². The molecular formula is C14H18N4O2S. The fourth-order valence-electron chi connectivity index (χ4n) is 1.68. The number of aromatic nitrogens is 3. The first-order valence-corrected chi connectivity index (χ1v) is 7.53. The van der Waals surface area contributed by atoms with Gasteiger partial charge in [0.25, 0.3) is 0 Å². The van der Waals surface area contributed by atoms with Gasteiger partial charge in [-0.25, -0.2) is 9.78 Å². The molecule has 0 aliphatic rings. The fourth-order valence-corrected chi connectivity index (χ4v) is 2.61. The van der Waals surface area contributed by atoms with Gasteiger partial charge in [0, 0.05) is 11.3 Å². The van der Waals surface area contributed by atoms with Crippen molar-refractivity contribution in [1.29, 1.82) is 0 Å². The van der Waals surface area contributed by atoms with Gasteiger partial charge in [-0.05, 0) is 19.1 Å². The van der Waals surface area contributed by atoms with Crippen molar-refractivity contribution in [3.05, 3.63) is 33.9 Å². The van der Waals surface area contributed by atoms with Crippen LogP contribution in [0.4, 0.5) is 5.82 Å². The van der Waals surface area contributed by atoms with Crippen LogP contribution in [0, 0.1) is 0 Å². The van der Waals surface area contributed by atoms with Crippen LogP contribution in [-0.4, -0.2) is 28.3 Å². The predicted molar refractivity (Wildman–Crippen MR) is 81.6 cm³/mol. The van der Waals surface area contributed by atoms with Crippen LogP contribution in [0.15, 0.2) is 17.5 Å². The highest BCUT2D eigenvalue weighted by Gasteiger charge is 2.13. The molecule has 2 heterocycles. The van der Waals surface area contributed by atoms with Gasteiger partial charge in [-0.2, -0.15) is 0 Å². The van der Waals surface area contributed by atoms with Gasteiger partial charge < -0.3 is 10.1 Å². The van der Waals surface area contributed by atoms with E-state index in [9.17, 15) is 4.79 Å². The number of carbonyl (C=O) groups excluding carboxylic acids is 1. The van der Waals surface area contributed by atoms with Crippen LogP contribution in [0.2, 0.25) is 0 Å². The lowest BCUT2D eigenvalue weighted by molar-refractivity contribution is 0.0593. The molecule has 21 heavy (non-hydrogen) atoms. The summed E-state index contributed by atoms with van der Waals surface area (Å²) in [5.41, 5.74) is 1.16. The maximum Gasteiger partial charge on any atom is 0.358 e. The van der Waals surface area contributed by atoms with Gasteiger partial charge in [0.05, 0.1) is 23.9 Å². The van der Waals surface area contributed by atoms with Gasteiger partial charge in [0.15, 0.2) is 5.69 Å². The number of hydrogen-bond acceptors (Lipinski definition) is 7. The van der Waals surface area contributed by atoms with Crippen LogP contribution < -0.4 is 5.32 Å². The molecule has 0 aromatic carbocycles. The molecule has 0 amide bonds. The Balaban J connectivity index is 2.04. The number of nitrogens with zero attached hydrogens (tertiary/aromatic N) is 3. The number of hydrogen-bond donors (Lipinski definition) is 1. The summed E-state index contributed by atoms with van der Waals surface area (Å²) < 4.78 is 4.58.